The average Bonchev–Trinajstić information content (AvgIpc) is 2.13. The maximum Gasteiger partial charge on any atom is 0.472 e. The number of rotatable bonds is 69. The van der Waals surface area contributed by atoms with Crippen LogP contribution in [0, 0.1) is 0 Å². The second-order valence-corrected chi connectivity index (χ2v) is 27.3. The molecule has 4 N–H and O–H groups in total. The summed E-state index contributed by atoms with van der Waals surface area (Å²) in [6.07, 6.45) is 81.0. The molecule has 18 heteroatoms. The van der Waals surface area contributed by atoms with Crippen LogP contribution in [-0.2, 0) is 55.8 Å². The summed E-state index contributed by atoms with van der Waals surface area (Å²) in [5, 5.41) is 20.6. The molecule has 0 rings (SSSR count). The Balaban J connectivity index is 4.63. The number of hydrogen-bond donors (Lipinski definition) is 4. The Morgan fingerprint density at radius 3 is 0.926 bits per heavy atom. The molecule has 0 amide bonds. The number of ether oxygens (including phenoxy) is 3. The second-order valence-electron chi connectivity index (χ2n) is 24.4. The summed E-state index contributed by atoms with van der Waals surface area (Å²) in [6.45, 7) is 2.47. The Kier molecular flexibility index (Phi) is 66.9. The van der Waals surface area contributed by atoms with Crippen LogP contribution < -0.4 is 0 Å². The average molecular weight is 1380 g/mol. The maximum absolute atomic E-state index is 12.9. The number of aliphatic hydroxyl groups excluding tert-OH is 2. The van der Waals surface area contributed by atoms with Crippen LogP contribution in [0.2, 0.25) is 0 Å². The molecule has 16 nitrogen and oxygen atoms in total. The lowest BCUT2D eigenvalue weighted by molar-refractivity contribution is -0.161. The number of carbonyl (C=O) groups excluding carboxylic acids is 3. The number of esters is 3. The van der Waals surface area contributed by atoms with E-state index in [-0.39, 0.29) is 19.3 Å². The van der Waals surface area contributed by atoms with E-state index < -0.39 is 91.5 Å². The van der Waals surface area contributed by atoms with Gasteiger partial charge in [-0.3, -0.25) is 32.5 Å². The van der Waals surface area contributed by atoms with Gasteiger partial charge in [0.25, 0.3) is 0 Å². The minimum absolute atomic E-state index is 0.0847. The maximum atomic E-state index is 12.9. The predicted octanol–water partition coefficient (Wildman–Crippen LogP) is 21.0. The van der Waals surface area contributed by atoms with Gasteiger partial charge in [-0.25, -0.2) is 9.13 Å². The molecule has 0 saturated carbocycles. The fourth-order valence-corrected chi connectivity index (χ4v) is 11.1. The van der Waals surface area contributed by atoms with Crippen molar-refractivity contribution in [3.8, 4) is 0 Å². The lowest BCUT2D eigenvalue weighted by Gasteiger charge is -2.21. The molecule has 0 aliphatic rings. The van der Waals surface area contributed by atoms with Crippen molar-refractivity contribution in [2.75, 3.05) is 39.6 Å². The molecule has 95 heavy (non-hydrogen) atoms. The first-order chi connectivity index (χ1) is 46.2. The Morgan fingerprint density at radius 1 is 0.305 bits per heavy atom. The van der Waals surface area contributed by atoms with Gasteiger partial charge in [-0.1, -0.05) is 258 Å². The highest BCUT2D eigenvalue weighted by Gasteiger charge is 2.29. The third-order valence-electron chi connectivity index (χ3n) is 15.1. The Hall–Kier alpha value is -4.05. The van der Waals surface area contributed by atoms with E-state index >= 15 is 0 Å². The Labute approximate surface area is 576 Å². The number of unbranched alkanes of at least 4 members (excludes halogenated alkanes) is 26. The summed E-state index contributed by atoms with van der Waals surface area (Å²) in [4.78, 5) is 58.5. The van der Waals surface area contributed by atoms with Crippen LogP contribution in [0.15, 0.2) is 122 Å². The normalized spacial score (nSPS) is 14.8. The summed E-state index contributed by atoms with van der Waals surface area (Å²) in [5.74, 6) is -1.63. The molecule has 0 aromatic heterocycles. The SMILES string of the molecule is CC/C=C\C/C=C\C/C=C\C/C=C\C/C=C\CCCCCC(=O)OCC(COP(=O)(O)OCC(O)COP(=O)(O)OCC(O)COC(=O)CCCCCCCCCCC/C=C\C/C=C\C/C=C\C/C=C\CCCCC)OC(=O)CCCCCCC/C=C\CCCCCCCC. The molecule has 0 fully saturated rings. The van der Waals surface area contributed by atoms with Crippen molar-refractivity contribution in [1.82, 2.24) is 0 Å². The minimum Gasteiger partial charge on any atom is -0.463 e. The quantitative estimate of drug-likeness (QED) is 0.0146. The van der Waals surface area contributed by atoms with E-state index in [0.717, 1.165) is 141 Å². The van der Waals surface area contributed by atoms with Gasteiger partial charge >= 0.3 is 33.6 Å². The van der Waals surface area contributed by atoms with Gasteiger partial charge in [0.15, 0.2) is 6.10 Å². The number of hydrogen-bond acceptors (Lipinski definition) is 14. The number of carbonyl (C=O) groups is 3. The van der Waals surface area contributed by atoms with Gasteiger partial charge in [-0.15, -0.1) is 0 Å². The number of aliphatic hydroxyl groups is 2. The van der Waals surface area contributed by atoms with Crippen molar-refractivity contribution < 1.29 is 75.8 Å². The first kappa shape index (κ1) is 91.0. The summed E-state index contributed by atoms with van der Waals surface area (Å²) in [7, 11) is -9.80. The fraction of sp³-hybridized carbons (Fsp3) is 0.701. The van der Waals surface area contributed by atoms with Gasteiger partial charge in [-0.05, 0) is 135 Å². The number of phosphoric acid groups is 2. The molecule has 0 spiro atoms. The van der Waals surface area contributed by atoms with Crippen molar-refractivity contribution in [2.45, 2.75) is 309 Å². The van der Waals surface area contributed by atoms with Crippen LogP contribution in [0.5, 0.6) is 0 Å². The number of allylic oxidation sites excluding steroid dienone is 20. The smallest absolute Gasteiger partial charge is 0.463 e. The zero-order valence-electron chi connectivity index (χ0n) is 59.3. The van der Waals surface area contributed by atoms with Crippen LogP contribution in [-0.4, -0.2) is 95.9 Å². The third-order valence-corrected chi connectivity index (χ3v) is 17.0. The largest absolute Gasteiger partial charge is 0.472 e. The van der Waals surface area contributed by atoms with Crippen LogP contribution in [0.3, 0.4) is 0 Å². The Morgan fingerprint density at radius 2 is 0.558 bits per heavy atom. The van der Waals surface area contributed by atoms with Crippen molar-refractivity contribution in [2.24, 2.45) is 0 Å². The molecule has 0 aromatic rings. The van der Waals surface area contributed by atoms with Gasteiger partial charge in [-0.2, -0.15) is 0 Å². The predicted molar refractivity (Wildman–Crippen MR) is 390 cm³/mol. The van der Waals surface area contributed by atoms with Gasteiger partial charge in [0.2, 0.25) is 0 Å². The van der Waals surface area contributed by atoms with E-state index in [1.54, 1.807) is 0 Å². The van der Waals surface area contributed by atoms with Gasteiger partial charge in [0, 0.05) is 19.3 Å². The highest BCUT2D eigenvalue weighted by molar-refractivity contribution is 7.47. The van der Waals surface area contributed by atoms with E-state index in [2.05, 4.69) is 142 Å². The third kappa shape index (κ3) is 71.1. The molecular formula is C77H132O16P2. The monoisotopic (exact) mass is 1370 g/mol. The molecule has 0 aliphatic carbocycles. The van der Waals surface area contributed by atoms with E-state index in [0.29, 0.717) is 19.3 Å². The number of phosphoric ester groups is 2. The summed E-state index contributed by atoms with van der Waals surface area (Å²) in [6, 6.07) is 0. The molecule has 546 valence electrons. The van der Waals surface area contributed by atoms with Crippen LogP contribution >= 0.6 is 15.6 Å². The first-order valence-electron chi connectivity index (χ1n) is 36.8. The molecule has 0 heterocycles. The zero-order chi connectivity index (χ0) is 69.5. The van der Waals surface area contributed by atoms with Crippen molar-refractivity contribution >= 4 is 33.6 Å². The van der Waals surface area contributed by atoms with Crippen molar-refractivity contribution in [1.29, 1.82) is 0 Å². The van der Waals surface area contributed by atoms with E-state index in [9.17, 15) is 43.5 Å². The molecule has 5 unspecified atom stereocenters. The second kappa shape index (κ2) is 69.8. The van der Waals surface area contributed by atoms with Crippen LogP contribution in [0.4, 0.5) is 0 Å². The minimum atomic E-state index is -4.94. The molecular weight excluding hydrogens is 1240 g/mol. The summed E-state index contributed by atoms with van der Waals surface area (Å²) in [5.41, 5.74) is 0. The lowest BCUT2D eigenvalue weighted by Crippen LogP contribution is -2.30. The molecule has 0 radical (unpaired) electrons. The lowest BCUT2D eigenvalue weighted by atomic mass is 10.1. The van der Waals surface area contributed by atoms with E-state index in [1.807, 2.05) is 0 Å². The fourth-order valence-electron chi connectivity index (χ4n) is 9.52. The topological polar surface area (TPSA) is 231 Å². The zero-order valence-corrected chi connectivity index (χ0v) is 61.1. The highest BCUT2D eigenvalue weighted by atomic mass is 31.2. The van der Waals surface area contributed by atoms with Gasteiger partial charge in [0.1, 0.15) is 25.4 Å². The van der Waals surface area contributed by atoms with Crippen molar-refractivity contribution in [3.63, 3.8) is 0 Å². The first-order valence-corrected chi connectivity index (χ1v) is 39.8. The van der Waals surface area contributed by atoms with Crippen LogP contribution in [0.25, 0.3) is 0 Å². The van der Waals surface area contributed by atoms with Crippen molar-refractivity contribution in [3.05, 3.63) is 122 Å². The highest BCUT2D eigenvalue weighted by Crippen LogP contribution is 2.45. The molecule has 0 bridgehead atoms. The molecule has 0 aliphatic heterocycles. The summed E-state index contributed by atoms with van der Waals surface area (Å²) < 4.78 is 61.0. The molecule has 0 saturated heterocycles. The van der Waals surface area contributed by atoms with Gasteiger partial charge in [0.05, 0.1) is 26.4 Å². The van der Waals surface area contributed by atoms with E-state index in [4.69, 9.17) is 32.3 Å². The Bertz CT molecular complexity index is 2210. The molecule has 0 aromatic carbocycles. The van der Waals surface area contributed by atoms with Crippen LogP contribution in [0.1, 0.15) is 290 Å². The van der Waals surface area contributed by atoms with Gasteiger partial charge < -0.3 is 34.2 Å². The van der Waals surface area contributed by atoms with E-state index in [1.165, 1.54) is 89.9 Å². The molecule has 5 atom stereocenters. The summed E-state index contributed by atoms with van der Waals surface area (Å²) >= 11 is 0. The standard InChI is InChI=1S/C77H132O16P2/c1-4-7-10-13-16-19-22-25-28-30-32-33-34-35-36-37-39-41-43-45-48-51-54-57-60-63-75(80)87-66-72(78)67-89-94(83,84)90-68-73(79)69-91-95(85,86)92-71-74(93-77(82)65-62-59-56-53-50-47-42-27-24-21-18-15-12-9-6-3)70-88-76(81)64-61-58-55-52-49-46-44-40-38-31-29-26-23-20-17-14-11-8-5-2/h8,11,16-17,19-20,25-29,32-33,35-36,38,40,42,46,49,72-74,78-79H,4-7,9-10,12-15,18,21-24,30-31,34,37,39,41,43-45,47-48,50-71H2,1-3H3,(H,83,84)(H,85,86)/b11-8-,19-16-,20-17-,28-25-,29-26-,33-32-,36-35-,40-38-,42-27-,49-46-.